The monoisotopic (exact) mass is 298 g/mol. The molecule has 0 N–H and O–H groups in total. The van der Waals surface area contributed by atoms with Crippen LogP contribution in [0.2, 0.25) is 5.02 Å². The average molecular weight is 299 g/mol. The van der Waals surface area contributed by atoms with Crippen molar-refractivity contribution in [2.75, 3.05) is 0 Å². The Labute approximate surface area is 120 Å². The van der Waals surface area contributed by atoms with E-state index in [1.165, 1.54) is 6.20 Å². The first-order chi connectivity index (χ1) is 9.19. The molecule has 0 atom stereocenters. The van der Waals surface area contributed by atoms with Crippen molar-refractivity contribution in [2.45, 2.75) is 39.7 Å². The van der Waals surface area contributed by atoms with E-state index in [2.05, 4.69) is 14.7 Å². The maximum absolute atomic E-state index is 12.6. The Morgan fingerprint density at radius 1 is 1.42 bits per heavy atom. The van der Waals surface area contributed by atoms with E-state index in [9.17, 15) is 4.79 Å². The second-order valence-corrected chi connectivity index (χ2v) is 5.35. The zero-order chi connectivity index (χ0) is 13.8. The number of aryl methyl sites for hydroxylation is 2. The predicted molar refractivity (Wildman–Crippen MR) is 74.9 cm³/mol. The summed E-state index contributed by atoms with van der Waals surface area (Å²) in [6.07, 6.45) is 4.07. The molecule has 0 saturated heterocycles. The third-order valence-electron chi connectivity index (χ3n) is 2.69. The summed E-state index contributed by atoms with van der Waals surface area (Å²) in [7, 11) is 0. The van der Waals surface area contributed by atoms with Crippen LogP contribution < -0.4 is 0 Å². The molecular formula is C12H15ClN4OS. The van der Waals surface area contributed by atoms with E-state index < -0.39 is 0 Å². The molecule has 0 fully saturated rings. The molecule has 0 aliphatic carbocycles. The molecule has 0 unspecified atom stereocenters. The lowest BCUT2D eigenvalue weighted by Gasteiger charge is -2.05. The van der Waals surface area contributed by atoms with Gasteiger partial charge in [-0.3, -0.25) is 9.48 Å². The normalized spacial score (nSPS) is 10.9. The first-order valence-electron chi connectivity index (χ1n) is 6.26. The molecule has 7 heteroatoms. The number of halogens is 1. The molecule has 0 spiro atoms. The van der Waals surface area contributed by atoms with Gasteiger partial charge in [-0.15, -0.1) is 5.10 Å². The molecule has 2 rings (SSSR count). The van der Waals surface area contributed by atoms with Crippen molar-refractivity contribution in [3.63, 3.8) is 0 Å². The molecule has 0 aliphatic rings. The number of aromatic nitrogens is 4. The average Bonchev–Trinajstić information content (AvgIpc) is 2.97. The van der Waals surface area contributed by atoms with Crippen LogP contribution in [0.25, 0.3) is 0 Å². The molecule has 0 aliphatic heterocycles. The van der Waals surface area contributed by atoms with E-state index >= 15 is 0 Å². The fraction of sp³-hybridized carbons (Fsp3) is 0.500. The highest BCUT2D eigenvalue weighted by Crippen LogP contribution is 2.23. The van der Waals surface area contributed by atoms with Crippen molar-refractivity contribution in [3.8, 4) is 0 Å². The highest BCUT2D eigenvalue weighted by Gasteiger charge is 2.23. The van der Waals surface area contributed by atoms with Crippen LogP contribution in [0.15, 0.2) is 6.20 Å². The number of hydrogen-bond acceptors (Lipinski definition) is 5. The number of nitrogens with zero attached hydrogens (tertiary/aromatic N) is 4. The fourth-order valence-electron chi connectivity index (χ4n) is 1.86. The summed E-state index contributed by atoms with van der Waals surface area (Å²) in [5.41, 5.74) is 1.18. The quantitative estimate of drug-likeness (QED) is 0.769. The number of rotatable bonds is 6. The number of carbonyl (C=O) groups is 1. The van der Waals surface area contributed by atoms with E-state index in [4.69, 9.17) is 11.6 Å². The standard InChI is InChI=1S/C12H15ClN4OS/c1-3-5-9-12(19-16-15-9)11(18)10-8(13)7-14-17(10)6-4-2/h7H,3-6H2,1-2H3. The summed E-state index contributed by atoms with van der Waals surface area (Å²) >= 11 is 7.20. The van der Waals surface area contributed by atoms with E-state index in [0.717, 1.165) is 36.5 Å². The molecule has 2 heterocycles. The van der Waals surface area contributed by atoms with E-state index in [0.29, 0.717) is 22.1 Å². The highest BCUT2D eigenvalue weighted by atomic mass is 35.5. The lowest BCUT2D eigenvalue weighted by Crippen LogP contribution is -2.12. The number of carbonyl (C=O) groups excluding carboxylic acids is 1. The van der Waals surface area contributed by atoms with Gasteiger partial charge in [0, 0.05) is 6.54 Å². The Hall–Kier alpha value is -1.27. The van der Waals surface area contributed by atoms with E-state index in [-0.39, 0.29) is 5.78 Å². The second kappa shape index (κ2) is 6.25. The first kappa shape index (κ1) is 14.1. The fourth-order valence-corrected chi connectivity index (χ4v) is 2.73. The molecule has 0 amide bonds. The van der Waals surface area contributed by atoms with Gasteiger partial charge in [-0.1, -0.05) is 36.4 Å². The smallest absolute Gasteiger partial charge is 0.226 e. The van der Waals surface area contributed by atoms with E-state index in [1.54, 1.807) is 4.68 Å². The largest absolute Gasteiger partial charge is 0.286 e. The summed E-state index contributed by atoms with van der Waals surface area (Å²) in [5, 5.41) is 8.54. The zero-order valence-electron chi connectivity index (χ0n) is 10.9. The third kappa shape index (κ3) is 2.84. The second-order valence-electron chi connectivity index (χ2n) is 4.19. The van der Waals surface area contributed by atoms with Crippen LogP contribution in [0.4, 0.5) is 0 Å². The van der Waals surface area contributed by atoms with Crippen LogP contribution in [-0.2, 0) is 13.0 Å². The van der Waals surface area contributed by atoms with E-state index in [1.807, 2.05) is 13.8 Å². The van der Waals surface area contributed by atoms with Gasteiger partial charge in [-0.2, -0.15) is 5.10 Å². The molecule has 2 aromatic rings. The summed E-state index contributed by atoms with van der Waals surface area (Å²) in [6, 6.07) is 0. The van der Waals surface area contributed by atoms with Gasteiger partial charge in [0.15, 0.2) is 0 Å². The van der Waals surface area contributed by atoms with Crippen molar-refractivity contribution in [3.05, 3.63) is 27.5 Å². The molecule has 5 nitrogen and oxygen atoms in total. The highest BCUT2D eigenvalue weighted by molar-refractivity contribution is 7.08. The molecular weight excluding hydrogens is 284 g/mol. The molecule has 0 saturated carbocycles. The van der Waals surface area contributed by atoms with Crippen LogP contribution in [0, 0.1) is 0 Å². The number of ketones is 1. The van der Waals surface area contributed by atoms with Gasteiger partial charge in [0.1, 0.15) is 10.6 Å². The van der Waals surface area contributed by atoms with Gasteiger partial charge in [-0.05, 0) is 24.4 Å². The van der Waals surface area contributed by atoms with Gasteiger partial charge in [0.2, 0.25) is 5.78 Å². The van der Waals surface area contributed by atoms with Gasteiger partial charge >= 0.3 is 0 Å². The Morgan fingerprint density at radius 3 is 2.89 bits per heavy atom. The predicted octanol–water partition coefficient (Wildman–Crippen LogP) is 2.98. The van der Waals surface area contributed by atoms with Gasteiger partial charge in [0.25, 0.3) is 0 Å². The maximum Gasteiger partial charge on any atom is 0.226 e. The first-order valence-corrected chi connectivity index (χ1v) is 7.41. The van der Waals surface area contributed by atoms with Crippen LogP contribution in [0.5, 0.6) is 0 Å². The molecule has 0 radical (unpaired) electrons. The Bertz CT molecular complexity index is 578. The van der Waals surface area contributed by atoms with Crippen molar-refractivity contribution < 1.29 is 4.79 Å². The topological polar surface area (TPSA) is 60.7 Å². The van der Waals surface area contributed by atoms with Gasteiger partial charge in [0.05, 0.1) is 16.9 Å². The lowest BCUT2D eigenvalue weighted by molar-refractivity contribution is 0.103. The van der Waals surface area contributed by atoms with Crippen molar-refractivity contribution in [1.82, 2.24) is 19.4 Å². The zero-order valence-corrected chi connectivity index (χ0v) is 12.5. The summed E-state index contributed by atoms with van der Waals surface area (Å²) < 4.78 is 5.53. The maximum atomic E-state index is 12.6. The van der Waals surface area contributed by atoms with Crippen LogP contribution >= 0.6 is 23.1 Å². The van der Waals surface area contributed by atoms with Crippen molar-refractivity contribution in [1.29, 1.82) is 0 Å². The van der Waals surface area contributed by atoms with Crippen LogP contribution in [0.1, 0.15) is 47.7 Å². The van der Waals surface area contributed by atoms with Crippen LogP contribution in [0.3, 0.4) is 0 Å². The summed E-state index contributed by atoms with van der Waals surface area (Å²) in [6.45, 7) is 4.74. The van der Waals surface area contributed by atoms with Gasteiger partial charge < -0.3 is 0 Å². The molecule has 2 aromatic heterocycles. The molecule has 0 bridgehead atoms. The van der Waals surface area contributed by atoms with Gasteiger partial charge in [-0.25, -0.2) is 0 Å². The van der Waals surface area contributed by atoms with Crippen molar-refractivity contribution in [2.24, 2.45) is 0 Å². The van der Waals surface area contributed by atoms with Crippen LogP contribution in [-0.4, -0.2) is 25.2 Å². The molecule has 0 aromatic carbocycles. The third-order valence-corrected chi connectivity index (χ3v) is 3.74. The SMILES string of the molecule is CCCc1nnsc1C(=O)c1c(Cl)cnn1CCC. The number of hydrogen-bond donors (Lipinski definition) is 0. The Kier molecular flexibility index (Phi) is 4.66. The minimum atomic E-state index is -0.130. The minimum absolute atomic E-state index is 0.130. The Morgan fingerprint density at radius 2 is 2.21 bits per heavy atom. The lowest BCUT2D eigenvalue weighted by atomic mass is 10.1. The minimum Gasteiger partial charge on any atom is -0.286 e. The molecule has 19 heavy (non-hydrogen) atoms. The van der Waals surface area contributed by atoms with Crippen molar-refractivity contribution >= 4 is 28.9 Å². The Balaban J connectivity index is 2.38. The summed E-state index contributed by atoms with van der Waals surface area (Å²) in [4.78, 5) is 13.1. The molecule has 102 valence electrons. The summed E-state index contributed by atoms with van der Waals surface area (Å²) in [5.74, 6) is -0.130.